The first-order valence-corrected chi connectivity index (χ1v) is 7.81. The molecule has 1 unspecified atom stereocenters. The number of aromatic amines is 1. The van der Waals surface area contributed by atoms with Crippen LogP contribution in [0.15, 0.2) is 24.4 Å². The number of carbonyl (C=O) groups excluding carboxylic acids is 1. The van der Waals surface area contributed by atoms with Crippen LogP contribution in [0.25, 0.3) is 10.9 Å². The van der Waals surface area contributed by atoms with Crippen molar-refractivity contribution in [3.8, 4) is 0 Å². The second kappa shape index (κ2) is 6.46. The molecule has 2 aromatic rings. The average molecular weight is 302 g/mol. The molecule has 0 aliphatic carbocycles. The molecular formula is C16H22N4O2. The first kappa shape index (κ1) is 15.0. The number of H-pyrrole nitrogens is 1. The lowest BCUT2D eigenvalue weighted by atomic mass is 10.1. The third-order valence-corrected chi connectivity index (χ3v) is 4.31. The number of hydrogen-bond donors (Lipinski definition) is 2. The predicted molar refractivity (Wildman–Crippen MR) is 84.7 cm³/mol. The predicted octanol–water partition coefficient (Wildman–Crippen LogP) is 1.09. The van der Waals surface area contributed by atoms with Gasteiger partial charge in [-0.05, 0) is 18.6 Å². The number of nitrogens with one attached hydrogen (secondary N) is 1. The average Bonchev–Trinajstić information content (AvgIpc) is 3.03. The molecule has 2 N–H and O–H groups in total. The maximum atomic E-state index is 12.7. The molecule has 1 saturated heterocycles. The number of carbonyl (C=O) groups is 1. The largest absolute Gasteiger partial charge is 0.392 e. The highest BCUT2D eigenvalue weighted by Crippen LogP contribution is 2.18. The minimum atomic E-state index is -0.276. The number of amides is 1. The number of aliphatic hydroxyl groups excluding tert-OH is 1. The number of fused-ring (bicyclic) bond motifs is 1. The summed E-state index contributed by atoms with van der Waals surface area (Å²) in [5.74, 6) is 0.0580. The van der Waals surface area contributed by atoms with Crippen molar-refractivity contribution in [2.75, 3.05) is 32.7 Å². The van der Waals surface area contributed by atoms with Crippen molar-refractivity contribution in [2.24, 2.45) is 0 Å². The summed E-state index contributed by atoms with van der Waals surface area (Å²) in [6.07, 6.45) is 2.19. The molecule has 1 aliphatic rings. The molecule has 1 aliphatic heterocycles. The maximum Gasteiger partial charge on any atom is 0.254 e. The quantitative estimate of drug-likeness (QED) is 0.887. The fourth-order valence-electron chi connectivity index (χ4n) is 2.89. The van der Waals surface area contributed by atoms with Gasteiger partial charge in [-0.25, -0.2) is 0 Å². The monoisotopic (exact) mass is 302 g/mol. The van der Waals surface area contributed by atoms with Crippen LogP contribution in [0.3, 0.4) is 0 Å². The van der Waals surface area contributed by atoms with Gasteiger partial charge in [0, 0.05) is 38.1 Å². The molecule has 6 nitrogen and oxygen atoms in total. The van der Waals surface area contributed by atoms with Gasteiger partial charge in [-0.2, -0.15) is 5.10 Å². The Morgan fingerprint density at radius 3 is 2.86 bits per heavy atom. The second-order valence-corrected chi connectivity index (χ2v) is 5.79. The zero-order valence-electron chi connectivity index (χ0n) is 12.8. The van der Waals surface area contributed by atoms with E-state index in [0.29, 0.717) is 25.2 Å². The third-order valence-electron chi connectivity index (χ3n) is 4.31. The van der Waals surface area contributed by atoms with Crippen LogP contribution in [-0.4, -0.2) is 69.8 Å². The Labute approximate surface area is 129 Å². The SMILES string of the molecule is CCC(O)CN1CCN(C(=O)c2cccc3[nH]ncc23)CC1. The van der Waals surface area contributed by atoms with Gasteiger partial charge in [-0.15, -0.1) is 0 Å². The number of β-amino-alcohol motifs (C(OH)–C–C–N with tert-alkyl or cyclic N) is 1. The van der Waals surface area contributed by atoms with Crippen molar-refractivity contribution in [2.45, 2.75) is 19.4 Å². The zero-order chi connectivity index (χ0) is 15.5. The highest BCUT2D eigenvalue weighted by atomic mass is 16.3. The molecule has 22 heavy (non-hydrogen) atoms. The molecule has 6 heteroatoms. The van der Waals surface area contributed by atoms with E-state index in [1.54, 1.807) is 6.20 Å². The number of aromatic nitrogens is 2. The third kappa shape index (κ3) is 2.98. The lowest BCUT2D eigenvalue weighted by Crippen LogP contribution is -2.50. The van der Waals surface area contributed by atoms with E-state index in [1.165, 1.54) is 0 Å². The number of benzene rings is 1. The summed E-state index contributed by atoms with van der Waals surface area (Å²) in [5, 5.41) is 17.5. The number of nitrogens with zero attached hydrogens (tertiary/aromatic N) is 3. The smallest absolute Gasteiger partial charge is 0.254 e. The fraction of sp³-hybridized carbons (Fsp3) is 0.500. The summed E-state index contributed by atoms with van der Waals surface area (Å²) in [5.41, 5.74) is 1.59. The van der Waals surface area contributed by atoms with Crippen molar-refractivity contribution in [1.82, 2.24) is 20.0 Å². The van der Waals surface area contributed by atoms with Gasteiger partial charge in [0.2, 0.25) is 0 Å². The first-order valence-electron chi connectivity index (χ1n) is 7.81. The molecule has 0 spiro atoms. The second-order valence-electron chi connectivity index (χ2n) is 5.79. The summed E-state index contributed by atoms with van der Waals surface area (Å²) in [6, 6.07) is 5.65. The Bertz CT molecular complexity index is 646. The minimum absolute atomic E-state index is 0.0580. The first-order chi connectivity index (χ1) is 10.7. The highest BCUT2D eigenvalue weighted by molar-refractivity contribution is 6.06. The summed E-state index contributed by atoms with van der Waals surface area (Å²) in [7, 11) is 0. The van der Waals surface area contributed by atoms with Crippen LogP contribution >= 0.6 is 0 Å². The van der Waals surface area contributed by atoms with E-state index in [4.69, 9.17) is 0 Å². The van der Waals surface area contributed by atoms with Crippen LogP contribution < -0.4 is 0 Å². The standard InChI is InChI=1S/C16H22N4O2/c1-2-12(21)11-19-6-8-20(9-7-19)16(22)13-4-3-5-15-14(13)10-17-18-15/h3-5,10,12,21H,2,6-9,11H2,1H3,(H,17,18). The van der Waals surface area contributed by atoms with Crippen LogP contribution in [0.5, 0.6) is 0 Å². The van der Waals surface area contributed by atoms with Gasteiger partial charge in [0.05, 0.1) is 23.4 Å². The Morgan fingerprint density at radius 2 is 2.14 bits per heavy atom. The van der Waals surface area contributed by atoms with Gasteiger partial charge >= 0.3 is 0 Å². The van der Waals surface area contributed by atoms with Crippen LogP contribution in [0.4, 0.5) is 0 Å². The van der Waals surface area contributed by atoms with Crippen LogP contribution in [0, 0.1) is 0 Å². The summed E-state index contributed by atoms with van der Waals surface area (Å²) in [6.45, 7) is 5.69. The molecule has 3 rings (SSSR count). The van der Waals surface area contributed by atoms with Gasteiger partial charge in [0.15, 0.2) is 0 Å². The molecular weight excluding hydrogens is 280 g/mol. The van der Waals surface area contributed by atoms with Crippen molar-refractivity contribution >= 4 is 16.8 Å². The summed E-state index contributed by atoms with van der Waals surface area (Å²) in [4.78, 5) is 16.8. The van der Waals surface area contributed by atoms with Gasteiger partial charge in [0.25, 0.3) is 5.91 Å². The Balaban J connectivity index is 1.66. The molecule has 0 radical (unpaired) electrons. The summed E-state index contributed by atoms with van der Waals surface area (Å²) < 4.78 is 0. The minimum Gasteiger partial charge on any atom is -0.392 e. The van der Waals surface area contributed by atoms with E-state index in [2.05, 4.69) is 15.1 Å². The Kier molecular flexibility index (Phi) is 4.40. The van der Waals surface area contributed by atoms with Gasteiger partial charge in [-0.3, -0.25) is 14.8 Å². The molecule has 0 bridgehead atoms. The van der Waals surface area contributed by atoms with Gasteiger partial charge in [0.1, 0.15) is 0 Å². The summed E-state index contributed by atoms with van der Waals surface area (Å²) >= 11 is 0. The van der Waals surface area contributed by atoms with Crippen LogP contribution in [0.1, 0.15) is 23.7 Å². The maximum absolute atomic E-state index is 12.7. The normalized spacial score (nSPS) is 17.8. The van der Waals surface area contributed by atoms with Crippen LogP contribution in [0.2, 0.25) is 0 Å². The van der Waals surface area contributed by atoms with E-state index >= 15 is 0 Å². The van der Waals surface area contributed by atoms with E-state index in [1.807, 2.05) is 30.0 Å². The molecule has 0 saturated carbocycles. The van der Waals surface area contributed by atoms with E-state index in [9.17, 15) is 9.90 Å². The molecule has 1 fully saturated rings. The highest BCUT2D eigenvalue weighted by Gasteiger charge is 2.24. The van der Waals surface area contributed by atoms with Crippen molar-refractivity contribution in [3.05, 3.63) is 30.0 Å². The number of rotatable bonds is 4. The molecule has 2 heterocycles. The van der Waals surface area contributed by atoms with E-state index < -0.39 is 0 Å². The lowest BCUT2D eigenvalue weighted by Gasteiger charge is -2.35. The fourth-order valence-corrected chi connectivity index (χ4v) is 2.89. The van der Waals surface area contributed by atoms with Crippen molar-refractivity contribution in [1.29, 1.82) is 0 Å². The molecule has 1 aromatic heterocycles. The molecule has 1 aromatic carbocycles. The molecule has 118 valence electrons. The zero-order valence-corrected chi connectivity index (χ0v) is 12.8. The number of hydrogen-bond acceptors (Lipinski definition) is 4. The van der Waals surface area contributed by atoms with Crippen LogP contribution in [-0.2, 0) is 0 Å². The van der Waals surface area contributed by atoms with E-state index in [0.717, 1.165) is 30.4 Å². The van der Waals surface area contributed by atoms with Gasteiger partial charge < -0.3 is 10.0 Å². The Morgan fingerprint density at radius 1 is 1.36 bits per heavy atom. The Hall–Kier alpha value is -1.92. The topological polar surface area (TPSA) is 72.5 Å². The number of aliphatic hydroxyl groups is 1. The molecule has 1 atom stereocenters. The van der Waals surface area contributed by atoms with Gasteiger partial charge in [-0.1, -0.05) is 13.0 Å². The van der Waals surface area contributed by atoms with Crippen molar-refractivity contribution < 1.29 is 9.90 Å². The number of piperazine rings is 1. The lowest BCUT2D eigenvalue weighted by molar-refractivity contribution is 0.0525. The molecule has 1 amide bonds. The van der Waals surface area contributed by atoms with Crippen molar-refractivity contribution in [3.63, 3.8) is 0 Å². The van der Waals surface area contributed by atoms with E-state index in [-0.39, 0.29) is 12.0 Å².